The summed E-state index contributed by atoms with van der Waals surface area (Å²) in [5.41, 5.74) is -1.76. The smallest absolute Gasteiger partial charge is 0.212 e. The molecule has 1 heterocycles. The van der Waals surface area contributed by atoms with E-state index in [-0.39, 0.29) is 19.6 Å². The Hall–Kier alpha value is -0.200. The molecule has 6 heteroatoms. The molecule has 1 aliphatic rings. The fourth-order valence-electron chi connectivity index (χ4n) is 1.06. The van der Waals surface area contributed by atoms with E-state index in [9.17, 15) is 12.8 Å². The molecule has 1 unspecified atom stereocenters. The molecule has 11 heavy (non-hydrogen) atoms. The molecule has 0 aromatic carbocycles. The lowest BCUT2D eigenvalue weighted by atomic mass is 10.1. The number of hydrogen-bond acceptors (Lipinski definition) is 3. The molecular formula is C5H10FNO3S. The Labute approximate surface area is 64.6 Å². The van der Waals surface area contributed by atoms with Crippen molar-refractivity contribution in [3.05, 3.63) is 0 Å². The molecule has 0 amide bonds. The van der Waals surface area contributed by atoms with Crippen LogP contribution in [0.1, 0.15) is 6.42 Å². The van der Waals surface area contributed by atoms with Crippen LogP contribution in [0.2, 0.25) is 0 Å². The van der Waals surface area contributed by atoms with E-state index in [1.165, 1.54) is 0 Å². The van der Waals surface area contributed by atoms with Gasteiger partial charge in [-0.3, -0.25) is 0 Å². The van der Waals surface area contributed by atoms with E-state index in [1.54, 1.807) is 0 Å². The lowest BCUT2D eigenvalue weighted by Crippen LogP contribution is -2.36. The molecule has 1 atom stereocenters. The summed E-state index contributed by atoms with van der Waals surface area (Å²) in [6.45, 7) is 0.107. The summed E-state index contributed by atoms with van der Waals surface area (Å²) in [6, 6.07) is 0. The third-order valence-electron chi connectivity index (χ3n) is 1.52. The summed E-state index contributed by atoms with van der Waals surface area (Å²) in [4.78, 5) is 0. The first-order chi connectivity index (χ1) is 4.91. The second kappa shape index (κ2) is 2.69. The van der Waals surface area contributed by atoms with Crippen molar-refractivity contribution in [2.45, 2.75) is 12.1 Å². The number of ether oxygens (including phenoxy) is 1. The Morgan fingerprint density at radius 1 is 1.64 bits per heavy atom. The van der Waals surface area contributed by atoms with E-state index in [2.05, 4.69) is 5.14 Å². The molecule has 1 saturated heterocycles. The molecule has 1 rings (SSSR count). The minimum atomic E-state index is -3.72. The van der Waals surface area contributed by atoms with Crippen LogP contribution < -0.4 is 5.14 Å². The van der Waals surface area contributed by atoms with Crippen LogP contribution in [-0.2, 0) is 14.8 Å². The molecule has 0 spiro atoms. The molecule has 2 N–H and O–H groups in total. The van der Waals surface area contributed by atoms with Crippen molar-refractivity contribution in [2.24, 2.45) is 5.14 Å². The highest BCUT2D eigenvalue weighted by Gasteiger charge is 2.38. The Morgan fingerprint density at radius 3 is 2.64 bits per heavy atom. The maximum Gasteiger partial charge on any atom is 0.212 e. The van der Waals surface area contributed by atoms with Crippen molar-refractivity contribution >= 4 is 10.0 Å². The highest BCUT2D eigenvalue weighted by atomic mass is 32.2. The third-order valence-corrected chi connectivity index (χ3v) is 2.43. The first-order valence-electron chi connectivity index (χ1n) is 3.18. The van der Waals surface area contributed by atoms with Gasteiger partial charge in [-0.25, -0.2) is 17.9 Å². The van der Waals surface area contributed by atoms with Gasteiger partial charge in [-0.2, -0.15) is 0 Å². The molecule has 0 saturated carbocycles. The maximum absolute atomic E-state index is 13.2. The van der Waals surface area contributed by atoms with Crippen LogP contribution in [-0.4, -0.2) is 33.1 Å². The van der Waals surface area contributed by atoms with Gasteiger partial charge in [0.15, 0.2) is 5.67 Å². The van der Waals surface area contributed by atoms with Gasteiger partial charge in [-0.05, 0) is 0 Å². The lowest BCUT2D eigenvalue weighted by molar-refractivity contribution is 0.128. The first-order valence-corrected chi connectivity index (χ1v) is 4.90. The van der Waals surface area contributed by atoms with Crippen LogP contribution in [0.25, 0.3) is 0 Å². The Bertz CT molecular complexity index is 232. The predicted octanol–water partition coefficient (Wildman–Crippen LogP) is -0.596. The fraction of sp³-hybridized carbons (Fsp3) is 1.00. The SMILES string of the molecule is NS(=O)(=O)CC1(F)CCOC1. The van der Waals surface area contributed by atoms with E-state index in [4.69, 9.17) is 4.74 Å². The number of sulfonamides is 1. The number of primary sulfonamides is 1. The van der Waals surface area contributed by atoms with Crippen molar-refractivity contribution in [3.63, 3.8) is 0 Å². The number of alkyl halides is 1. The van der Waals surface area contributed by atoms with Crippen LogP contribution in [0.4, 0.5) is 4.39 Å². The van der Waals surface area contributed by atoms with E-state index in [0.717, 1.165) is 0 Å². The number of halogens is 1. The molecule has 0 aromatic rings. The van der Waals surface area contributed by atoms with Gasteiger partial charge in [0.25, 0.3) is 0 Å². The zero-order chi connectivity index (χ0) is 8.54. The number of rotatable bonds is 2. The van der Waals surface area contributed by atoms with Crippen molar-refractivity contribution in [2.75, 3.05) is 19.0 Å². The predicted molar refractivity (Wildman–Crippen MR) is 37.2 cm³/mol. The van der Waals surface area contributed by atoms with Crippen molar-refractivity contribution in [1.29, 1.82) is 0 Å². The summed E-state index contributed by atoms with van der Waals surface area (Å²) >= 11 is 0. The number of nitrogens with two attached hydrogens (primary N) is 1. The van der Waals surface area contributed by atoms with Gasteiger partial charge in [-0.1, -0.05) is 0 Å². The zero-order valence-corrected chi connectivity index (χ0v) is 6.73. The molecule has 66 valence electrons. The van der Waals surface area contributed by atoms with Gasteiger partial charge in [0, 0.05) is 13.0 Å². The van der Waals surface area contributed by atoms with Crippen LogP contribution in [0.3, 0.4) is 0 Å². The monoisotopic (exact) mass is 183 g/mol. The highest BCUT2D eigenvalue weighted by molar-refractivity contribution is 7.89. The van der Waals surface area contributed by atoms with Crippen molar-refractivity contribution in [3.8, 4) is 0 Å². The number of hydrogen-bond donors (Lipinski definition) is 1. The van der Waals surface area contributed by atoms with E-state index >= 15 is 0 Å². The summed E-state index contributed by atoms with van der Waals surface area (Å²) < 4.78 is 38.9. The molecular weight excluding hydrogens is 173 g/mol. The van der Waals surface area contributed by atoms with E-state index in [1.807, 2.05) is 0 Å². The molecule has 0 aromatic heterocycles. The Kier molecular flexibility index (Phi) is 2.17. The Balaban J connectivity index is 2.60. The second-order valence-electron chi connectivity index (χ2n) is 2.76. The van der Waals surface area contributed by atoms with E-state index < -0.39 is 21.4 Å². The second-order valence-corrected chi connectivity index (χ2v) is 4.38. The standard InChI is InChI=1S/C5H10FNO3S/c6-5(1-2-10-3-5)4-11(7,8)9/h1-4H2,(H2,7,8,9). The van der Waals surface area contributed by atoms with Crippen LogP contribution in [0.15, 0.2) is 0 Å². The average Bonchev–Trinajstić information content (AvgIpc) is 2.09. The van der Waals surface area contributed by atoms with Gasteiger partial charge < -0.3 is 4.74 Å². The van der Waals surface area contributed by atoms with Gasteiger partial charge in [-0.15, -0.1) is 0 Å². The summed E-state index contributed by atoms with van der Waals surface area (Å²) in [6.07, 6.45) is 0.115. The maximum atomic E-state index is 13.2. The van der Waals surface area contributed by atoms with Crippen LogP contribution in [0.5, 0.6) is 0 Å². The lowest BCUT2D eigenvalue weighted by Gasteiger charge is -2.14. The van der Waals surface area contributed by atoms with Crippen molar-refractivity contribution < 1.29 is 17.5 Å². The molecule has 0 radical (unpaired) electrons. The quantitative estimate of drug-likeness (QED) is 0.621. The minimum Gasteiger partial charge on any atom is -0.378 e. The third kappa shape index (κ3) is 2.72. The highest BCUT2D eigenvalue weighted by Crippen LogP contribution is 2.23. The van der Waals surface area contributed by atoms with Gasteiger partial charge in [0.05, 0.1) is 6.61 Å². The summed E-state index contributed by atoms with van der Waals surface area (Å²) in [5.74, 6) is -0.639. The average molecular weight is 183 g/mol. The summed E-state index contributed by atoms with van der Waals surface area (Å²) in [5, 5.41) is 4.68. The first kappa shape index (κ1) is 8.89. The Morgan fingerprint density at radius 2 is 2.27 bits per heavy atom. The molecule has 0 bridgehead atoms. The van der Waals surface area contributed by atoms with Gasteiger partial charge in [0.1, 0.15) is 5.75 Å². The van der Waals surface area contributed by atoms with Gasteiger partial charge in [0.2, 0.25) is 10.0 Å². The minimum absolute atomic E-state index is 0.115. The molecule has 1 fully saturated rings. The van der Waals surface area contributed by atoms with Gasteiger partial charge >= 0.3 is 0 Å². The zero-order valence-electron chi connectivity index (χ0n) is 5.92. The van der Waals surface area contributed by atoms with E-state index in [0.29, 0.717) is 0 Å². The van der Waals surface area contributed by atoms with Crippen LogP contribution >= 0.6 is 0 Å². The van der Waals surface area contributed by atoms with Crippen LogP contribution in [0, 0.1) is 0 Å². The molecule has 0 aliphatic carbocycles. The molecule has 4 nitrogen and oxygen atoms in total. The summed E-state index contributed by atoms with van der Waals surface area (Å²) in [7, 11) is -3.72. The largest absolute Gasteiger partial charge is 0.378 e. The topological polar surface area (TPSA) is 69.4 Å². The molecule has 1 aliphatic heterocycles. The van der Waals surface area contributed by atoms with Crippen molar-refractivity contribution in [1.82, 2.24) is 0 Å². The fourth-order valence-corrected chi connectivity index (χ4v) is 2.01. The normalized spacial score (nSPS) is 32.5.